The highest BCUT2D eigenvalue weighted by molar-refractivity contribution is 5.75. The first-order valence-electron chi connectivity index (χ1n) is 12.6. The molecule has 1 aliphatic rings. The van der Waals surface area contributed by atoms with E-state index in [1.807, 2.05) is 6.07 Å². The number of hydrogen-bond donors (Lipinski definition) is 1. The van der Waals surface area contributed by atoms with Gasteiger partial charge < -0.3 is 15.0 Å². The van der Waals surface area contributed by atoms with Crippen molar-refractivity contribution in [2.24, 2.45) is 5.92 Å². The number of alkyl halides is 6. The van der Waals surface area contributed by atoms with Crippen LogP contribution in [-0.2, 0) is 28.7 Å². The second-order valence-corrected chi connectivity index (χ2v) is 9.55. The Morgan fingerprint density at radius 2 is 1.65 bits per heavy atom. The second kappa shape index (κ2) is 12.6. The number of urea groups is 1. The fourth-order valence-corrected chi connectivity index (χ4v) is 4.73. The van der Waals surface area contributed by atoms with Crippen LogP contribution < -0.4 is 5.32 Å². The number of carbonyl (C=O) groups excluding carboxylic acids is 2. The molecule has 0 bridgehead atoms. The van der Waals surface area contributed by atoms with Gasteiger partial charge in [0.05, 0.1) is 24.7 Å². The molecule has 2 aromatic rings. The summed E-state index contributed by atoms with van der Waals surface area (Å²) >= 11 is 0. The van der Waals surface area contributed by atoms with E-state index in [1.165, 1.54) is 17.9 Å². The predicted octanol–water partition coefficient (Wildman–Crippen LogP) is 6.80. The minimum absolute atomic E-state index is 0.0155. The van der Waals surface area contributed by atoms with Crippen LogP contribution in [0, 0.1) is 5.92 Å². The number of likely N-dealkylation sites (N-methyl/N-ethyl adjacent to an activating group) is 1. The van der Waals surface area contributed by atoms with Gasteiger partial charge in [0.25, 0.3) is 0 Å². The van der Waals surface area contributed by atoms with Gasteiger partial charge in [0.1, 0.15) is 0 Å². The second-order valence-electron chi connectivity index (χ2n) is 9.55. The minimum atomic E-state index is -4.76. The maximum absolute atomic E-state index is 13.8. The molecule has 2 unspecified atom stereocenters. The third kappa shape index (κ3) is 7.89. The van der Waals surface area contributed by atoms with Crippen LogP contribution in [-0.4, -0.2) is 43.3 Å². The highest BCUT2D eigenvalue weighted by atomic mass is 19.4. The van der Waals surface area contributed by atoms with Gasteiger partial charge in [-0.3, -0.25) is 4.79 Å². The Hall–Kier alpha value is -3.76. The molecule has 11 heteroatoms. The summed E-state index contributed by atoms with van der Waals surface area (Å²) in [7, 11) is 1.10. The van der Waals surface area contributed by atoms with E-state index < -0.39 is 53.7 Å². The van der Waals surface area contributed by atoms with E-state index in [0.29, 0.717) is 0 Å². The zero-order chi connectivity index (χ0) is 29.7. The van der Waals surface area contributed by atoms with Crippen molar-refractivity contribution in [3.8, 4) is 0 Å². The number of benzene rings is 2. The van der Waals surface area contributed by atoms with E-state index >= 15 is 0 Å². The highest BCUT2D eigenvalue weighted by Gasteiger charge is 2.39. The van der Waals surface area contributed by atoms with E-state index in [0.717, 1.165) is 37.0 Å². The van der Waals surface area contributed by atoms with Crippen LogP contribution in [0.2, 0.25) is 0 Å². The third-order valence-electron chi connectivity index (χ3n) is 6.64. The Kier molecular flexibility index (Phi) is 9.70. The number of nitrogens with one attached hydrogen (secondary N) is 1. The van der Waals surface area contributed by atoms with E-state index in [1.54, 1.807) is 31.2 Å². The number of allylic oxidation sites excluding steroid dienone is 3. The Labute approximate surface area is 228 Å². The number of amides is 2. The number of carbonyl (C=O) groups is 2. The maximum atomic E-state index is 13.8. The van der Waals surface area contributed by atoms with Crippen LogP contribution in [0.4, 0.5) is 31.1 Å². The number of halogens is 6. The van der Waals surface area contributed by atoms with E-state index in [4.69, 9.17) is 0 Å². The van der Waals surface area contributed by atoms with Crippen LogP contribution in [0.5, 0.6) is 0 Å². The fourth-order valence-electron chi connectivity index (χ4n) is 4.73. The molecule has 0 saturated heterocycles. The monoisotopic (exact) mass is 568 g/mol. The Balaban J connectivity index is 2.01. The maximum Gasteiger partial charge on any atom is 0.416 e. The molecule has 0 aromatic heterocycles. The summed E-state index contributed by atoms with van der Waals surface area (Å²) in [5, 5.41) is 2.74. The van der Waals surface area contributed by atoms with Crippen molar-refractivity contribution < 1.29 is 40.7 Å². The molecule has 0 radical (unpaired) electrons. The molecule has 0 saturated carbocycles. The van der Waals surface area contributed by atoms with Gasteiger partial charge in [-0.2, -0.15) is 26.3 Å². The largest absolute Gasteiger partial charge is 0.469 e. The topological polar surface area (TPSA) is 58.6 Å². The lowest BCUT2D eigenvalue weighted by molar-refractivity contribution is -0.140. The summed E-state index contributed by atoms with van der Waals surface area (Å²) in [6.07, 6.45) is -8.03. The first-order valence-corrected chi connectivity index (χ1v) is 12.6. The summed E-state index contributed by atoms with van der Waals surface area (Å²) in [6, 6.07) is 11.6. The van der Waals surface area contributed by atoms with Crippen molar-refractivity contribution in [3.05, 3.63) is 94.1 Å². The van der Waals surface area contributed by atoms with Crippen LogP contribution >= 0.6 is 0 Å². The van der Waals surface area contributed by atoms with Gasteiger partial charge in [-0.05, 0) is 53.3 Å². The SMILES string of the molecule is CCN(CC1=CC(C(F)(F)F)=CC(C)C1c1cc(CC(=O)OC)cc(C(F)(F)F)c1)C(=O)NCc1ccccc1. The molecule has 0 fully saturated rings. The lowest BCUT2D eigenvalue weighted by atomic mass is 9.75. The average molecular weight is 569 g/mol. The van der Waals surface area contributed by atoms with Crippen LogP contribution in [0.15, 0.2) is 71.8 Å². The van der Waals surface area contributed by atoms with Crippen LogP contribution in [0.3, 0.4) is 0 Å². The molecular formula is C29H30F6N2O3. The number of ether oxygens (including phenoxy) is 1. The molecule has 3 rings (SSSR count). The first kappa shape index (κ1) is 30.8. The van der Waals surface area contributed by atoms with Crippen molar-refractivity contribution in [1.82, 2.24) is 10.2 Å². The molecule has 0 heterocycles. The van der Waals surface area contributed by atoms with E-state index in [-0.39, 0.29) is 36.3 Å². The van der Waals surface area contributed by atoms with Gasteiger partial charge in [-0.25, -0.2) is 4.79 Å². The first-order chi connectivity index (χ1) is 18.7. The number of rotatable bonds is 8. The lowest BCUT2D eigenvalue weighted by Crippen LogP contribution is -2.41. The quantitative estimate of drug-likeness (QED) is 0.282. The molecule has 2 amide bonds. The molecule has 1 N–H and O–H groups in total. The summed E-state index contributed by atoms with van der Waals surface area (Å²) in [5.41, 5.74) is -0.919. The number of esters is 1. The van der Waals surface area contributed by atoms with Crippen molar-refractivity contribution in [3.63, 3.8) is 0 Å². The smallest absolute Gasteiger partial charge is 0.416 e. The Morgan fingerprint density at radius 3 is 2.23 bits per heavy atom. The molecule has 0 aliphatic heterocycles. The summed E-state index contributed by atoms with van der Waals surface area (Å²) in [4.78, 5) is 26.1. The molecule has 2 aromatic carbocycles. The van der Waals surface area contributed by atoms with Crippen molar-refractivity contribution in [1.29, 1.82) is 0 Å². The highest BCUT2D eigenvalue weighted by Crippen LogP contribution is 2.43. The van der Waals surface area contributed by atoms with E-state index in [2.05, 4.69) is 10.1 Å². The zero-order valence-corrected chi connectivity index (χ0v) is 22.2. The van der Waals surface area contributed by atoms with Gasteiger partial charge in [0.2, 0.25) is 0 Å². The van der Waals surface area contributed by atoms with Gasteiger partial charge in [0, 0.05) is 25.6 Å². The van der Waals surface area contributed by atoms with Crippen molar-refractivity contribution >= 4 is 12.0 Å². The van der Waals surface area contributed by atoms with Crippen LogP contribution in [0.25, 0.3) is 0 Å². The Morgan fingerprint density at radius 1 is 0.975 bits per heavy atom. The number of hydrogen-bond acceptors (Lipinski definition) is 3. The lowest BCUT2D eigenvalue weighted by Gasteiger charge is -2.34. The van der Waals surface area contributed by atoms with Crippen molar-refractivity contribution in [2.45, 2.75) is 45.1 Å². The Bertz CT molecular complexity index is 1270. The summed E-state index contributed by atoms with van der Waals surface area (Å²) in [5.74, 6) is -2.54. The zero-order valence-electron chi connectivity index (χ0n) is 22.2. The molecule has 0 spiro atoms. The molecule has 40 heavy (non-hydrogen) atoms. The molecule has 5 nitrogen and oxygen atoms in total. The average Bonchev–Trinajstić information content (AvgIpc) is 2.89. The number of nitrogens with zero attached hydrogens (tertiary/aromatic N) is 1. The summed E-state index contributed by atoms with van der Waals surface area (Å²) < 4.78 is 87.3. The number of methoxy groups -OCH3 is 1. The van der Waals surface area contributed by atoms with E-state index in [9.17, 15) is 35.9 Å². The van der Waals surface area contributed by atoms with Gasteiger partial charge in [0.15, 0.2) is 0 Å². The molecule has 1 aliphatic carbocycles. The third-order valence-corrected chi connectivity index (χ3v) is 6.64. The van der Waals surface area contributed by atoms with Gasteiger partial charge in [-0.1, -0.05) is 49.4 Å². The molecular weight excluding hydrogens is 538 g/mol. The van der Waals surface area contributed by atoms with Crippen LogP contribution in [0.1, 0.15) is 42.0 Å². The standard InChI is InChI=1S/C29H30F6N2O3/c1-4-37(27(39)36-16-19-8-6-5-7-9-19)17-22-15-23(28(30,31)32)10-18(2)26(22)21-11-20(13-25(38)40-3)12-24(14-21)29(33,34)35/h5-12,14-15,18,26H,4,13,16-17H2,1-3H3,(H,36,39). The molecule has 216 valence electrons. The van der Waals surface area contributed by atoms with Crippen molar-refractivity contribution in [2.75, 3.05) is 20.2 Å². The molecule has 2 atom stereocenters. The summed E-state index contributed by atoms with van der Waals surface area (Å²) in [6.45, 7) is 3.22. The minimum Gasteiger partial charge on any atom is -0.469 e. The predicted molar refractivity (Wildman–Crippen MR) is 137 cm³/mol. The van der Waals surface area contributed by atoms with Gasteiger partial charge >= 0.3 is 24.4 Å². The fraction of sp³-hybridized carbons (Fsp3) is 0.379. The normalized spacial score (nSPS) is 17.5. The van der Waals surface area contributed by atoms with Gasteiger partial charge in [-0.15, -0.1) is 0 Å².